The maximum absolute atomic E-state index is 13.6. The molecule has 12 heteroatoms. The third-order valence-electron chi connectivity index (χ3n) is 3.69. The number of hydrogen-bond acceptors (Lipinski definition) is 2. The van der Waals surface area contributed by atoms with E-state index in [0.29, 0.717) is 10.7 Å². The van der Waals surface area contributed by atoms with Crippen LogP contribution in [0.15, 0.2) is 36.7 Å². The van der Waals surface area contributed by atoms with Gasteiger partial charge in [0.05, 0.1) is 21.3 Å². The van der Waals surface area contributed by atoms with Gasteiger partial charge >= 0.3 is 12.4 Å². The SMILES string of the molecule is N#Cc1nn(-c2ccc(C(F)(F)F)c(Cl)c2Cl)c(-n2cccc2)c1C(F)(F)F. The molecule has 28 heavy (non-hydrogen) atoms. The lowest BCUT2D eigenvalue weighted by molar-refractivity contribution is -0.138. The van der Waals surface area contributed by atoms with Crippen molar-refractivity contribution < 1.29 is 26.3 Å². The standard InChI is InChI=1S/C16H6Cl2F6N4/c17-12-8(15(19,20)21)3-4-10(13(12)18)28-14(27-5-1-2-6-27)11(16(22,23)24)9(7-25)26-28/h1-6H. The molecule has 3 rings (SSSR count). The first-order valence-corrected chi connectivity index (χ1v) is 8.01. The second-order valence-corrected chi connectivity index (χ2v) is 6.17. The first-order chi connectivity index (χ1) is 13.0. The van der Waals surface area contributed by atoms with E-state index in [1.807, 2.05) is 0 Å². The topological polar surface area (TPSA) is 46.5 Å². The molecule has 0 radical (unpaired) electrons. The lowest BCUT2D eigenvalue weighted by Gasteiger charge is -2.16. The average Bonchev–Trinajstić information content (AvgIpc) is 3.22. The van der Waals surface area contributed by atoms with Gasteiger partial charge in [0.2, 0.25) is 0 Å². The van der Waals surface area contributed by atoms with Crippen molar-refractivity contribution in [2.45, 2.75) is 12.4 Å². The Morgan fingerprint density at radius 2 is 1.54 bits per heavy atom. The van der Waals surface area contributed by atoms with Crippen LogP contribution < -0.4 is 0 Å². The van der Waals surface area contributed by atoms with Gasteiger partial charge in [0, 0.05) is 12.4 Å². The largest absolute Gasteiger partial charge is 0.422 e. The number of hydrogen-bond donors (Lipinski definition) is 0. The van der Waals surface area contributed by atoms with Crippen molar-refractivity contribution >= 4 is 23.2 Å². The summed E-state index contributed by atoms with van der Waals surface area (Å²) in [6, 6.07) is 5.59. The molecule has 0 atom stereocenters. The second kappa shape index (κ2) is 6.76. The van der Waals surface area contributed by atoms with E-state index in [1.165, 1.54) is 30.6 Å². The Labute approximate surface area is 163 Å². The Morgan fingerprint density at radius 3 is 2.04 bits per heavy atom. The fraction of sp³-hybridized carbons (Fsp3) is 0.125. The molecule has 0 bridgehead atoms. The van der Waals surface area contributed by atoms with Gasteiger partial charge in [-0.05, 0) is 24.3 Å². The lowest BCUT2D eigenvalue weighted by atomic mass is 10.2. The molecule has 0 aliphatic heterocycles. The zero-order valence-electron chi connectivity index (χ0n) is 13.3. The third-order valence-corrected chi connectivity index (χ3v) is 4.57. The fourth-order valence-electron chi connectivity index (χ4n) is 2.55. The highest BCUT2D eigenvalue weighted by atomic mass is 35.5. The van der Waals surface area contributed by atoms with Crippen LogP contribution in [0.3, 0.4) is 0 Å². The molecule has 3 aromatic rings. The summed E-state index contributed by atoms with van der Waals surface area (Å²) in [7, 11) is 0. The van der Waals surface area contributed by atoms with Gasteiger partial charge in [0.1, 0.15) is 11.6 Å². The van der Waals surface area contributed by atoms with Gasteiger partial charge < -0.3 is 4.57 Å². The third kappa shape index (κ3) is 3.31. The Kier molecular flexibility index (Phi) is 4.85. The van der Waals surface area contributed by atoms with Crippen LogP contribution in [0, 0.1) is 11.3 Å². The van der Waals surface area contributed by atoms with Crippen LogP contribution in [0.25, 0.3) is 11.5 Å². The smallest absolute Gasteiger partial charge is 0.308 e. The average molecular weight is 439 g/mol. The molecule has 0 saturated carbocycles. The molecule has 4 nitrogen and oxygen atoms in total. The summed E-state index contributed by atoms with van der Waals surface area (Å²) in [5.74, 6) is -0.619. The predicted octanol–water partition coefficient (Wildman–Crippen LogP) is 5.88. The minimum Gasteiger partial charge on any atom is -0.308 e. The van der Waals surface area contributed by atoms with E-state index in [1.54, 1.807) is 0 Å². The van der Waals surface area contributed by atoms with Crippen LogP contribution in [0.5, 0.6) is 0 Å². The van der Waals surface area contributed by atoms with E-state index in [4.69, 9.17) is 28.5 Å². The highest BCUT2D eigenvalue weighted by molar-refractivity contribution is 6.43. The fourth-order valence-corrected chi connectivity index (χ4v) is 3.06. The first-order valence-electron chi connectivity index (χ1n) is 7.26. The minimum absolute atomic E-state index is 0.352. The van der Waals surface area contributed by atoms with Gasteiger partial charge in [-0.25, -0.2) is 4.68 Å². The molecule has 2 aromatic heterocycles. The van der Waals surface area contributed by atoms with Crippen molar-refractivity contribution in [2.75, 3.05) is 0 Å². The molecular weight excluding hydrogens is 433 g/mol. The van der Waals surface area contributed by atoms with Crippen molar-refractivity contribution in [1.29, 1.82) is 5.26 Å². The van der Waals surface area contributed by atoms with Crippen molar-refractivity contribution in [3.05, 3.63) is 63.5 Å². The number of rotatable bonds is 2. The molecule has 0 spiro atoms. The van der Waals surface area contributed by atoms with Gasteiger partial charge in [-0.3, -0.25) is 0 Å². The molecule has 0 N–H and O–H groups in total. The van der Waals surface area contributed by atoms with Crippen molar-refractivity contribution in [3.63, 3.8) is 0 Å². The summed E-state index contributed by atoms with van der Waals surface area (Å²) < 4.78 is 81.4. The molecule has 0 unspecified atom stereocenters. The number of benzene rings is 1. The van der Waals surface area contributed by atoms with Crippen LogP contribution in [-0.4, -0.2) is 14.3 Å². The van der Waals surface area contributed by atoms with Crippen molar-refractivity contribution in [2.24, 2.45) is 0 Å². The Hall–Kier alpha value is -2.64. The van der Waals surface area contributed by atoms with E-state index in [0.717, 1.165) is 10.6 Å². The summed E-state index contributed by atoms with van der Waals surface area (Å²) in [5, 5.41) is 11.1. The van der Waals surface area contributed by atoms with Gasteiger partial charge in [-0.15, -0.1) is 0 Å². The van der Waals surface area contributed by atoms with Crippen LogP contribution in [-0.2, 0) is 12.4 Å². The zero-order valence-corrected chi connectivity index (χ0v) is 14.8. The summed E-state index contributed by atoms with van der Waals surface area (Å²) in [6.07, 6.45) is -7.28. The van der Waals surface area contributed by atoms with Crippen molar-refractivity contribution in [3.8, 4) is 17.6 Å². The van der Waals surface area contributed by atoms with Gasteiger partial charge in [0.15, 0.2) is 11.5 Å². The summed E-state index contributed by atoms with van der Waals surface area (Å²) in [5.41, 5.74) is -3.94. The van der Waals surface area contributed by atoms with E-state index in [9.17, 15) is 26.3 Å². The van der Waals surface area contributed by atoms with Crippen molar-refractivity contribution in [1.82, 2.24) is 14.3 Å². The number of halogens is 8. The van der Waals surface area contributed by atoms with Gasteiger partial charge in [-0.1, -0.05) is 23.2 Å². The van der Waals surface area contributed by atoms with E-state index in [-0.39, 0.29) is 5.69 Å². The predicted molar refractivity (Wildman–Crippen MR) is 87.6 cm³/mol. The number of aromatic nitrogens is 3. The van der Waals surface area contributed by atoms with Crippen LogP contribution >= 0.6 is 23.2 Å². The molecule has 2 heterocycles. The first kappa shape index (κ1) is 20.1. The highest BCUT2D eigenvalue weighted by Crippen LogP contribution is 2.43. The molecule has 0 amide bonds. The van der Waals surface area contributed by atoms with Crippen LogP contribution in [0.2, 0.25) is 10.0 Å². The van der Waals surface area contributed by atoms with Gasteiger partial charge in [-0.2, -0.15) is 36.7 Å². The minimum atomic E-state index is -4.97. The van der Waals surface area contributed by atoms with E-state index in [2.05, 4.69) is 5.10 Å². The monoisotopic (exact) mass is 438 g/mol. The summed E-state index contributed by atoms with van der Waals surface area (Å²) in [6.45, 7) is 0. The quantitative estimate of drug-likeness (QED) is 0.469. The Bertz CT molecular complexity index is 1070. The van der Waals surface area contributed by atoms with Gasteiger partial charge in [0.25, 0.3) is 0 Å². The maximum Gasteiger partial charge on any atom is 0.422 e. The number of alkyl halides is 6. The second-order valence-electron chi connectivity index (χ2n) is 5.42. The lowest BCUT2D eigenvalue weighted by Crippen LogP contribution is -2.13. The summed E-state index contributed by atoms with van der Waals surface area (Å²) >= 11 is 11.6. The maximum atomic E-state index is 13.6. The molecule has 1 aromatic carbocycles. The highest BCUT2D eigenvalue weighted by Gasteiger charge is 2.42. The molecule has 0 aliphatic carbocycles. The Balaban J connectivity index is 2.37. The van der Waals surface area contributed by atoms with E-state index >= 15 is 0 Å². The molecule has 0 aliphatic rings. The van der Waals surface area contributed by atoms with E-state index < -0.39 is 45.0 Å². The van der Waals surface area contributed by atoms with Crippen LogP contribution in [0.4, 0.5) is 26.3 Å². The molecule has 0 fully saturated rings. The Morgan fingerprint density at radius 1 is 0.929 bits per heavy atom. The zero-order chi connectivity index (χ0) is 20.9. The molecule has 0 saturated heterocycles. The van der Waals surface area contributed by atoms with Crippen LogP contribution in [0.1, 0.15) is 16.8 Å². The summed E-state index contributed by atoms with van der Waals surface area (Å²) in [4.78, 5) is 0. The number of nitriles is 1. The number of nitrogens with zero attached hydrogens (tertiary/aromatic N) is 4. The molecule has 146 valence electrons. The molecular formula is C16H6Cl2F6N4. The normalized spacial score (nSPS) is 12.2.